The molecule has 0 radical (unpaired) electrons. The summed E-state index contributed by atoms with van der Waals surface area (Å²) in [5, 5.41) is 0.588. The Morgan fingerprint density at radius 1 is 1.41 bits per heavy atom. The monoisotopic (exact) mass is 255 g/mol. The van der Waals surface area contributed by atoms with E-state index in [0.717, 1.165) is 5.56 Å². The number of nitrogens with two attached hydrogens (primary N) is 1. The van der Waals surface area contributed by atoms with Crippen molar-refractivity contribution in [3.05, 3.63) is 34.9 Å². The predicted octanol–water partition coefficient (Wildman–Crippen LogP) is 2.76. The van der Waals surface area contributed by atoms with Gasteiger partial charge in [0.1, 0.15) is 12.6 Å². The first-order valence-electron chi connectivity index (χ1n) is 5.48. The second kappa shape index (κ2) is 5.52. The molecule has 0 aromatic heterocycles. The lowest BCUT2D eigenvalue weighted by atomic mass is 9.87. The Hall–Kier alpha value is -1.06. The Labute approximate surface area is 107 Å². The third kappa shape index (κ3) is 4.02. The number of rotatable bonds is 3. The standard InChI is InChI=1S/C13H18ClNO2/c1-13(2,3)11(15)12(16)17-8-9-6-4-5-7-10(9)14/h4-7,11H,8,15H2,1-3H3. The number of carbonyl (C=O) groups excluding carboxylic acids is 1. The largest absolute Gasteiger partial charge is 0.460 e. The van der Waals surface area contributed by atoms with E-state index in [9.17, 15) is 4.79 Å². The van der Waals surface area contributed by atoms with Gasteiger partial charge in [0.25, 0.3) is 0 Å². The first kappa shape index (κ1) is 14.0. The molecule has 0 aliphatic carbocycles. The number of halogens is 1. The third-order valence-corrected chi connectivity index (χ3v) is 2.88. The van der Waals surface area contributed by atoms with Gasteiger partial charge in [0.15, 0.2) is 0 Å². The van der Waals surface area contributed by atoms with Crippen LogP contribution in [0.1, 0.15) is 26.3 Å². The van der Waals surface area contributed by atoms with Gasteiger partial charge in [0.2, 0.25) is 0 Å². The second-order valence-electron chi connectivity index (χ2n) is 5.04. The summed E-state index contributed by atoms with van der Waals surface area (Å²) in [5.41, 5.74) is 6.26. The van der Waals surface area contributed by atoms with Crippen molar-refractivity contribution in [3.8, 4) is 0 Å². The number of hydrogen-bond acceptors (Lipinski definition) is 3. The molecule has 1 aromatic rings. The van der Waals surface area contributed by atoms with E-state index >= 15 is 0 Å². The highest BCUT2D eigenvalue weighted by atomic mass is 35.5. The summed E-state index contributed by atoms with van der Waals surface area (Å²) in [5.74, 6) is -0.405. The van der Waals surface area contributed by atoms with Crippen LogP contribution >= 0.6 is 11.6 Å². The van der Waals surface area contributed by atoms with E-state index in [1.807, 2.05) is 39.0 Å². The van der Waals surface area contributed by atoms with Crippen molar-refractivity contribution in [1.82, 2.24) is 0 Å². The normalized spacial score (nSPS) is 13.2. The minimum Gasteiger partial charge on any atom is -0.460 e. The summed E-state index contributed by atoms with van der Waals surface area (Å²) in [6.07, 6.45) is 0. The van der Waals surface area contributed by atoms with E-state index in [4.69, 9.17) is 22.1 Å². The zero-order valence-electron chi connectivity index (χ0n) is 10.4. The summed E-state index contributed by atoms with van der Waals surface area (Å²) < 4.78 is 5.15. The van der Waals surface area contributed by atoms with E-state index < -0.39 is 12.0 Å². The highest BCUT2D eigenvalue weighted by Crippen LogP contribution is 2.20. The van der Waals surface area contributed by atoms with Gasteiger partial charge in [-0.15, -0.1) is 0 Å². The Bertz CT molecular complexity index is 399. The van der Waals surface area contributed by atoms with E-state index in [-0.39, 0.29) is 12.0 Å². The van der Waals surface area contributed by atoms with Gasteiger partial charge in [0.05, 0.1) is 0 Å². The van der Waals surface area contributed by atoms with Crippen molar-refractivity contribution in [3.63, 3.8) is 0 Å². The van der Waals surface area contributed by atoms with Crippen molar-refractivity contribution in [2.75, 3.05) is 0 Å². The lowest BCUT2D eigenvalue weighted by molar-refractivity contribution is -0.149. The van der Waals surface area contributed by atoms with Gasteiger partial charge >= 0.3 is 5.97 Å². The van der Waals surface area contributed by atoms with Crippen LogP contribution in [0.3, 0.4) is 0 Å². The van der Waals surface area contributed by atoms with E-state index in [1.165, 1.54) is 0 Å². The fraction of sp³-hybridized carbons (Fsp3) is 0.462. The molecule has 0 amide bonds. The number of hydrogen-bond donors (Lipinski definition) is 1. The van der Waals surface area contributed by atoms with Crippen molar-refractivity contribution in [1.29, 1.82) is 0 Å². The topological polar surface area (TPSA) is 52.3 Å². The van der Waals surface area contributed by atoms with E-state index in [0.29, 0.717) is 5.02 Å². The van der Waals surface area contributed by atoms with Gasteiger partial charge in [-0.25, -0.2) is 0 Å². The number of benzene rings is 1. The first-order valence-corrected chi connectivity index (χ1v) is 5.86. The van der Waals surface area contributed by atoms with Crippen LogP contribution in [-0.2, 0) is 16.1 Å². The maximum absolute atomic E-state index is 11.7. The predicted molar refractivity (Wildman–Crippen MR) is 68.7 cm³/mol. The molecule has 1 unspecified atom stereocenters. The van der Waals surface area contributed by atoms with Gasteiger partial charge in [0, 0.05) is 10.6 Å². The van der Waals surface area contributed by atoms with E-state index in [1.54, 1.807) is 6.07 Å². The van der Waals surface area contributed by atoms with Gasteiger partial charge in [-0.1, -0.05) is 50.6 Å². The average Bonchev–Trinajstić information content (AvgIpc) is 2.25. The lowest BCUT2D eigenvalue weighted by Crippen LogP contribution is -2.43. The van der Waals surface area contributed by atoms with Gasteiger partial charge < -0.3 is 10.5 Å². The van der Waals surface area contributed by atoms with Crippen LogP contribution in [0.25, 0.3) is 0 Å². The summed E-state index contributed by atoms with van der Waals surface area (Å²) in [7, 11) is 0. The van der Waals surface area contributed by atoms with Crippen LogP contribution < -0.4 is 5.73 Å². The molecule has 94 valence electrons. The molecule has 0 spiro atoms. The smallest absolute Gasteiger partial charge is 0.323 e. The SMILES string of the molecule is CC(C)(C)C(N)C(=O)OCc1ccccc1Cl. The van der Waals surface area contributed by atoms with Gasteiger partial charge in [-0.2, -0.15) is 0 Å². The Kier molecular flexibility index (Phi) is 4.54. The molecular weight excluding hydrogens is 238 g/mol. The molecule has 1 aromatic carbocycles. The molecule has 1 atom stereocenters. The lowest BCUT2D eigenvalue weighted by Gasteiger charge is -2.25. The Morgan fingerprint density at radius 3 is 2.53 bits per heavy atom. The molecule has 0 aliphatic heterocycles. The second-order valence-corrected chi connectivity index (χ2v) is 5.45. The zero-order valence-corrected chi connectivity index (χ0v) is 11.1. The van der Waals surface area contributed by atoms with Crippen molar-refractivity contribution < 1.29 is 9.53 Å². The molecule has 3 nitrogen and oxygen atoms in total. The summed E-state index contributed by atoms with van der Waals surface area (Å²) in [4.78, 5) is 11.7. The first-order chi connectivity index (χ1) is 7.82. The molecule has 0 heterocycles. The fourth-order valence-electron chi connectivity index (χ4n) is 1.21. The van der Waals surface area contributed by atoms with Gasteiger partial charge in [-0.3, -0.25) is 4.79 Å². The fourth-order valence-corrected chi connectivity index (χ4v) is 1.40. The van der Waals surface area contributed by atoms with Crippen LogP contribution in [0.2, 0.25) is 5.02 Å². The average molecular weight is 256 g/mol. The van der Waals surface area contributed by atoms with Crippen LogP contribution in [-0.4, -0.2) is 12.0 Å². The van der Waals surface area contributed by atoms with Gasteiger partial charge in [-0.05, 0) is 11.5 Å². The van der Waals surface area contributed by atoms with Crippen LogP contribution in [0.4, 0.5) is 0 Å². The number of ether oxygens (including phenoxy) is 1. The quantitative estimate of drug-likeness (QED) is 0.845. The summed E-state index contributed by atoms with van der Waals surface area (Å²) in [6.45, 7) is 5.85. The molecule has 0 saturated heterocycles. The van der Waals surface area contributed by atoms with Crippen LogP contribution in [0.5, 0.6) is 0 Å². The maximum Gasteiger partial charge on any atom is 0.323 e. The summed E-state index contributed by atoms with van der Waals surface area (Å²) in [6, 6.07) is 6.62. The molecule has 17 heavy (non-hydrogen) atoms. The van der Waals surface area contributed by atoms with Crippen LogP contribution in [0.15, 0.2) is 24.3 Å². The molecule has 0 saturated carbocycles. The molecule has 0 bridgehead atoms. The Morgan fingerprint density at radius 2 is 2.00 bits per heavy atom. The van der Waals surface area contributed by atoms with Crippen molar-refractivity contribution in [2.24, 2.45) is 11.1 Å². The highest BCUT2D eigenvalue weighted by Gasteiger charge is 2.28. The van der Waals surface area contributed by atoms with Crippen molar-refractivity contribution in [2.45, 2.75) is 33.4 Å². The highest BCUT2D eigenvalue weighted by molar-refractivity contribution is 6.31. The molecular formula is C13H18ClNO2. The minimum atomic E-state index is -0.634. The maximum atomic E-state index is 11.7. The molecule has 2 N–H and O–H groups in total. The summed E-state index contributed by atoms with van der Waals surface area (Å²) >= 11 is 5.95. The molecule has 0 fully saturated rings. The molecule has 4 heteroatoms. The number of carbonyl (C=O) groups is 1. The number of esters is 1. The van der Waals surface area contributed by atoms with Crippen molar-refractivity contribution >= 4 is 17.6 Å². The zero-order chi connectivity index (χ0) is 13.1. The van der Waals surface area contributed by atoms with E-state index in [2.05, 4.69) is 0 Å². The molecule has 0 aliphatic rings. The minimum absolute atomic E-state index is 0.155. The molecule has 1 rings (SSSR count). The Balaban J connectivity index is 2.58. The van der Waals surface area contributed by atoms with Crippen LogP contribution in [0, 0.1) is 5.41 Å². The third-order valence-electron chi connectivity index (χ3n) is 2.51.